The molecule has 7 heteroatoms. The summed E-state index contributed by atoms with van der Waals surface area (Å²) in [5.74, 6) is -1.41. The molecule has 1 heterocycles. The van der Waals surface area contributed by atoms with E-state index in [0.717, 1.165) is 16.9 Å². The molecule has 1 atom stereocenters. The number of halogens is 2. The molecule has 0 aliphatic heterocycles. The number of aromatic nitrogens is 4. The van der Waals surface area contributed by atoms with Crippen LogP contribution in [0.15, 0.2) is 18.2 Å². The van der Waals surface area contributed by atoms with E-state index in [1.54, 1.807) is 0 Å². The molecule has 0 aliphatic rings. The molecule has 1 aromatic carbocycles. The van der Waals surface area contributed by atoms with E-state index in [1.807, 2.05) is 0 Å². The Morgan fingerprint density at radius 2 is 2.12 bits per heavy atom. The van der Waals surface area contributed by atoms with Crippen LogP contribution in [0.25, 0.3) is 5.69 Å². The summed E-state index contributed by atoms with van der Waals surface area (Å²) in [6, 6.07) is 3.00. The normalized spacial score (nSPS) is 12.8. The summed E-state index contributed by atoms with van der Waals surface area (Å²) >= 11 is 0. The highest BCUT2D eigenvalue weighted by Gasteiger charge is 2.12. The van der Waals surface area contributed by atoms with Gasteiger partial charge in [0.25, 0.3) is 0 Å². The number of nitrogens with zero attached hydrogens (tertiary/aromatic N) is 4. The van der Waals surface area contributed by atoms with Gasteiger partial charge in [-0.3, -0.25) is 0 Å². The molecular formula is C9H8F2N4O. The number of hydrogen-bond donors (Lipinski definition) is 1. The van der Waals surface area contributed by atoms with Gasteiger partial charge in [-0.25, -0.2) is 8.78 Å². The van der Waals surface area contributed by atoms with Crippen LogP contribution in [0.3, 0.4) is 0 Å². The van der Waals surface area contributed by atoms with E-state index in [2.05, 4.69) is 15.4 Å². The highest BCUT2D eigenvalue weighted by atomic mass is 19.1. The van der Waals surface area contributed by atoms with Crippen molar-refractivity contribution in [1.82, 2.24) is 20.2 Å². The maximum atomic E-state index is 13.3. The number of rotatable bonds is 2. The van der Waals surface area contributed by atoms with E-state index in [1.165, 1.54) is 13.0 Å². The second-order valence-corrected chi connectivity index (χ2v) is 3.21. The van der Waals surface area contributed by atoms with Gasteiger partial charge in [0.2, 0.25) is 5.82 Å². The van der Waals surface area contributed by atoms with Gasteiger partial charge in [-0.1, -0.05) is 0 Å². The minimum Gasteiger partial charge on any atom is -0.385 e. The lowest BCUT2D eigenvalue weighted by Crippen LogP contribution is -2.03. The Hall–Kier alpha value is -1.89. The van der Waals surface area contributed by atoms with E-state index >= 15 is 0 Å². The zero-order valence-electron chi connectivity index (χ0n) is 8.30. The van der Waals surface area contributed by atoms with Crippen LogP contribution < -0.4 is 0 Å². The molecule has 0 amide bonds. The summed E-state index contributed by atoms with van der Waals surface area (Å²) in [5, 5.41) is 20.0. The Bertz CT molecular complexity index is 512. The topological polar surface area (TPSA) is 63.8 Å². The molecule has 2 rings (SSSR count). The number of aliphatic hydroxyl groups is 1. The number of hydrogen-bond acceptors (Lipinski definition) is 4. The molecule has 0 aliphatic carbocycles. The van der Waals surface area contributed by atoms with Crippen molar-refractivity contribution in [2.24, 2.45) is 0 Å². The van der Waals surface area contributed by atoms with Gasteiger partial charge in [0.15, 0.2) is 5.82 Å². The van der Waals surface area contributed by atoms with Crippen LogP contribution in [0.2, 0.25) is 0 Å². The van der Waals surface area contributed by atoms with E-state index in [9.17, 15) is 8.78 Å². The minimum absolute atomic E-state index is 0.0270. The number of tetrazole rings is 1. The number of benzene rings is 1. The summed E-state index contributed by atoms with van der Waals surface area (Å²) in [6.45, 7) is 1.46. The molecule has 1 N–H and O–H groups in total. The Balaban J connectivity index is 2.42. The highest BCUT2D eigenvalue weighted by Crippen LogP contribution is 2.13. The van der Waals surface area contributed by atoms with E-state index in [4.69, 9.17) is 5.11 Å². The van der Waals surface area contributed by atoms with Gasteiger partial charge in [-0.05, 0) is 24.3 Å². The van der Waals surface area contributed by atoms with Crippen molar-refractivity contribution in [2.75, 3.05) is 0 Å². The summed E-state index contributed by atoms with van der Waals surface area (Å²) in [7, 11) is 0. The Kier molecular flexibility index (Phi) is 2.61. The number of aliphatic hydroxyl groups excluding tert-OH is 1. The molecule has 0 radical (unpaired) electrons. The maximum Gasteiger partial charge on any atom is 0.203 e. The van der Waals surface area contributed by atoms with Gasteiger partial charge in [-0.2, -0.15) is 0 Å². The van der Waals surface area contributed by atoms with Crippen LogP contribution >= 0.6 is 0 Å². The Morgan fingerprint density at radius 1 is 1.38 bits per heavy atom. The van der Waals surface area contributed by atoms with Gasteiger partial charge in [0, 0.05) is 6.07 Å². The first kappa shape index (κ1) is 10.6. The summed E-state index contributed by atoms with van der Waals surface area (Å²) in [6.07, 6.45) is -0.891. The molecule has 0 saturated heterocycles. The second kappa shape index (κ2) is 3.93. The van der Waals surface area contributed by atoms with Crippen LogP contribution in [-0.2, 0) is 0 Å². The van der Waals surface area contributed by atoms with Crippen LogP contribution in [0.5, 0.6) is 0 Å². The molecule has 0 spiro atoms. The zero-order valence-corrected chi connectivity index (χ0v) is 8.30. The van der Waals surface area contributed by atoms with Crippen molar-refractivity contribution < 1.29 is 13.9 Å². The molecule has 0 bridgehead atoms. The fourth-order valence-electron chi connectivity index (χ4n) is 1.14. The van der Waals surface area contributed by atoms with E-state index in [-0.39, 0.29) is 11.5 Å². The molecule has 1 unspecified atom stereocenters. The van der Waals surface area contributed by atoms with Crippen LogP contribution in [0.1, 0.15) is 18.9 Å². The standard InChI is InChI=1S/C9H8F2N4O/c1-5(16)9-12-14-15(13-9)8-3-2-6(10)4-7(8)11/h2-5,16H,1H3. The lowest BCUT2D eigenvalue weighted by atomic mass is 10.3. The molecule has 84 valence electrons. The summed E-state index contributed by atoms with van der Waals surface area (Å²) < 4.78 is 26.0. The van der Waals surface area contributed by atoms with Gasteiger partial charge in [0.1, 0.15) is 17.6 Å². The molecule has 2 aromatic rings. The largest absolute Gasteiger partial charge is 0.385 e. The smallest absolute Gasteiger partial charge is 0.203 e. The predicted molar refractivity (Wildman–Crippen MR) is 49.7 cm³/mol. The monoisotopic (exact) mass is 226 g/mol. The van der Waals surface area contributed by atoms with Gasteiger partial charge < -0.3 is 5.11 Å². The molecule has 0 fully saturated rings. The first-order valence-corrected chi connectivity index (χ1v) is 4.51. The predicted octanol–water partition coefficient (Wildman–Crippen LogP) is 0.994. The quantitative estimate of drug-likeness (QED) is 0.829. The third-order valence-corrected chi connectivity index (χ3v) is 1.93. The lowest BCUT2D eigenvalue weighted by Gasteiger charge is -2.00. The average molecular weight is 226 g/mol. The molecule has 16 heavy (non-hydrogen) atoms. The summed E-state index contributed by atoms with van der Waals surface area (Å²) in [5.41, 5.74) is -0.0270. The molecule has 1 aromatic heterocycles. The van der Waals surface area contributed by atoms with Gasteiger partial charge >= 0.3 is 0 Å². The van der Waals surface area contributed by atoms with E-state index in [0.29, 0.717) is 0 Å². The van der Waals surface area contributed by atoms with Crippen LogP contribution in [-0.4, -0.2) is 25.3 Å². The van der Waals surface area contributed by atoms with Crippen molar-refractivity contribution >= 4 is 0 Å². The zero-order chi connectivity index (χ0) is 11.7. The van der Waals surface area contributed by atoms with Crippen molar-refractivity contribution in [1.29, 1.82) is 0 Å². The third kappa shape index (κ3) is 1.89. The second-order valence-electron chi connectivity index (χ2n) is 3.21. The van der Waals surface area contributed by atoms with Gasteiger partial charge in [0.05, 0.1) is 0 Å². The molecular weight excluding hydrogens is 218 g/mol. The molecule has 0 saturated carbocycles. The van der Waals surface area contributed by atoms with E-state index < -0.39 is 17.7 Å². The maximum absolute atomic E-state index is 13.3. The summed E-state index contributed by atoms with van der Waals surface area (Å²) in [4.78, 5) is 0.900. The Labute approximate surface area is 89.3 Å². The van der Waals surface area contributed by atoms with Crippen LogP contribution in [0, 0.1) is 11.6 Å². The fraction of sp³-hybridized carbons (Fsp3) is 0.222. The minimum atomic E-state index is -0.891. The van der Waals surface area contributed by atoms with Crippen molar-refractivity contribution in [3.63, 3.8) is 0 Å². The lowest BCUT2D eigenvalue weighted by molar-refractivity contribution is 0.188. The highest BCUT2D eigenvalue weighted by molar-refractivity contribution is 5.31. The SMILES string of the molecule is CC(O)c1nnn(-c2ccc(F)cc2F)n1. The third-order valence-electron chi connectivity index (χ3n) is 1.93. The van der Waals surface area contributed by atoms with Gasteiger partial charge in [-0.15, -0.1) is 15.0 Å². The van der Waals surface area contributed by atoms with Crippen molar-refractivity contribution in [2.45, 2.75) is 13.0 Å². The van der Waals surface area contributed by atoms with Crippen molar-refractivity contribution in [3.05, 3.63) is 35.7 Å². The first-order valence-electron chi connectivity index (χ1n) is 4.51. The fourth-order valence-corrected chi connectivity index (χ4v) is 1.14. The Morgan fingerprint density at radius 3 is 2.69 bits per heavy atom. The molecule has 5 nitrogen and oxygen atoms in total. The van der Waals surface area contributed by atoms with Crippen molar-refractivity contribution in [3.8, 4) is 5.69 Å². The first-order chi connectivity index (χ1) is 7.58. The average Bonchev–Trinajstić information content (AvgIpc) is 2.66. The van der Waals surface area contributed by atoms with Crippen LogP contribution in [0.4, 0.5) is 8.78 Å².